The molecule has 1 saturated carbocycles. The third-order valence-corrected chi connectivity index (χ3v) is 3.05. The molecular weight excluding hydrogens is 263 g/mol. The maximum Gasteiger partial charge on any atom is 0.433 e. The van der Waals surface area contributed by atoms with Crippen molar-refractivity contribution >= 4 is 0 Å². The molecular formula is C12H14F3NO3. The number of rotatable bonds is 2. The predicted molar refractivity (Wildman–Crippen MR) is 59.5 cm³/mol. The third-order valence-electron chi connectivity index (χ3n) is 3.05. The number of alkyl halides is 3. The minimum absolute atomic E-state index is 0.201. The van der Waals surface area contributed by atoms with E-state index in [2.05, 4.69) is 4.98 Å². The van der Waals surface area contributed by atoms with Gasteiger partial charge in [0, 0.05) is 6.07 Å². The van der Waals surface area contributed by atoms with Crippen molar-refractivity contribution in [3.63, 3.8) is 0 Å². The first-order valence-electron chi connectivity index (χ1n) is 5.95. The molecule has 3 atom stereocenters. The Bertz CT molecular complexity index is 438. The summed E-state index contributed by atoms with van der Waals surface area (Å²) in [7, 11) is 0. The first-order chi connectivity index (χ1) is 8.88. The number of aliphatic hydroxyl groups is 2. The van der Waals surface area contributed by atoms with Crippen LogP contribution in [0.4, 0.5) is 13.2 Å². The van der Waals surface area contributed by atoms with Gasteiger partial charge in [0.15, 0.2) is 0 Å². The molecule has 1 aliphatic rings. The van der Waals surface area contributed by atoms with Gasteiger partial charge in [-0.05, 0) is 25.3 Å². The molecule has 0 aromatic carbocycles. The van der Waals surface area contributed by atoms with Gasteiger partial charge in [0.1, 0.15) is 17.9 Å². The van der Waals surface area contributed by atoms with E-state index in [9.17, 15) is 23.4 Å². The van der Waals surface area contributed by atoms with Crippen LogP contribution in [0.1, 0.15) is 25.0 Å². The topological polar surface area (TPSA) is 62.6 Å². The number of hydrogen-bond donors (Lipinski definition) is 2. The maximum absolute atomic E-state index is 12.5. The SMILES string of the molecule is O[C@@H]1[C@@H](Oc2cccc(C(F)(F)F)n2)CCC[C@@H]1O. The molecule has 1 fully saturated rings. The lowest BCUT2D eigenvalue weighted by Gasteiger charge is -2.31. The first-order valence-corrected chi connectivity index (χ1v) is 5.95. The van der Waals surface area contributed by atoms with E-state index in [-0.39, 0.29) is 5.88 Å². The van der Waals surface area contributed by atoms with Crippen molar-refractivity contribution in [2.75, 3.05) is 0 Å². The van der Waals surface area contributed by atoms with Crippen molar-refractivity contribution in [1.82, 2.24) is 4.98 Å². The molecule has 1 aliphatic carbocycles. The summed E-state index contributed by atoms with van der Waals surface area (Å²) < 4.78 is 42.7. The van der Waals surface area contributed by atoms with E-state index < -0.39 is 30.2 Å². The quantitative estimate of drug-likeness (QED) is 0.864. The number of halogens is 3. The van der Waals surface area contributed by atoms with Gasteiger partial charge in [0.2, 0.25) is 5.88 Å². The van der Waals surface area contributed by atoms with Crippen LogP contribution in [-0.2, 0) is 6.18 Å². The summed E-state index contributed by atoms with van der Waals surface area (Å²) in [6.45, 7) is 0. The van der Waals surface area contributed by atoms with E-state index in [1.54, 1.807) is 0 Å². The molecule has 0 saturated heterocycles. The van der Waals surface area contributed by atoms with Crippen molar-refractivity contribution in [3.05, 3.63) is 23.9 Å². The van der Waals surface area contributed by atoms with Crippen molar-refractivity contribution in [3.8, 4) is 5.88 Å². The van der Waals surface area contributed by atoms with Crippen LogP contribution in [-0.4, -0.2) is 33.5 Å². The van der Waals surface area contributed by atoms with Gasteiger partial charge in [-0.15, -0.1) is 0 Å². The second kappa shape index (κ2) is 5.34. The molecule has 0 aliphatic heterocycles. The summed E-state index contributed by atoms with van der Waals surface area (Å²) >= 11 is 0. The van der Waals surface area contributed by atoms with Crippen LogP contribution in [0.25, 0.3) is 0 Å². The predicted octanol–water partition coefficient (Wildman–Crippen LogP) is 1.75. The molecule has 0 radical (unpaired) electrons. The zero-order chi connectivity index (χ0) is 14.0. The Balaban J connectivity index is 2.11. The van der Waals surface area contributed by atoms with Gasteiger partial charge < -0.3 is 14.9 Å². The molecule has 19 heavy (non-hydrogen) atoms. The molecule has 4 nitrogen and oxygen atoms in total. The number of ether oxygens (including phenoxy) is 1. The van der Waals surface area contributed by atoms with Crippen LogP contribution in [0.5, 0.6) is 5.88 Å². The van der Waals surface area contributed by atoms with Crippen LogP contribution < -0.4 is 4.74 Å². The van der Waals surface area contributed by atoms with Gasteiger partial charge in [-0.3, -0.25) is 0 Å². The number of aliphatic hydroxyl groups excluding tert-OH is 2. The van der Waals surface area contributed by atoms with E-state index in [1.165, 1.54) is 12.1 Å². The Kier molecular flexibility index (Phi) is 3.96. The highest BCUT2D eigenvalue weighted by Crippen LogP contribution is 2.29. The largest absolute Gasteiger partial charge is 0.471 e. The summed E-state index contributed by atoms with van der Waals surface area (Å²) in [6, 6.07) is 3.33. The van der Waals surface area contributed by atoms with Gasteiger partial charge in [-0.2, -0.15) is 13.2 Å². The summed E-state index contributed by atoms with van der Waals surface area (Å²) in [6.07, 6.45) is -5.73. The monoisotopic (exact) mass is 277 g/mol. The van der Waals surface area contributed by atoms with E-state index in [0.717, 1.165) is 6.07 Å². The van der Waals surface area contributed by atoms with Crippen LogP contribution in [0.2, 0.25) is 0 Å². The van der Waals surface area contributed by atoms with Gasteiger partial charge in [-0.25, -0.2) is 4.98 Å². The lowest BCUT2D eigenvalue weighted by molar-refractivity contribution is -0.141. The molecule has 1 aromatic rings. The van der Waals surface area contributed by atoms with Crippen molar-refractivity contribution in [2.45, 2.75) is 43.8 Å². The van der Waals surface area contributed by atoms with Gasteiger partial charge in [-0.1, -0.05) is 6.07 Å². The van der Waals surface area contributed by atoms with Crippen LogP contribution in [0, 0.1) is 0 Å². The minimum Gasteiger partial charge on any atom is -0.471 e. The standard InChI is InChI=1S/C12H14F3NO3/c13-12(14,15)9-5-2-6-10(16-9)19-8-4-1-3-7(17)11(8)18/h2,5-8,11,17-18H,1,3-4H2/t7-,8-,11-/m0/s1. The van der Waals surface area contributed by atoms with E-state index >= 15 is 0 Å². The van der Waals surface area contributed by atoms with Crippen molar-refractivity contribution in [2.24, 2.45) is 0 Å². The molecule has 7 heteroatoms. The second-order valence-electron chi connectivity index (χ2n) is 4.50. The molecule has 1 aromatic heterocycles. The van der Waals surface area contributed by atoms with E-state index in [4.69, 9.17) is 4.74 Å². The van der Waals surface area contributed by atoms with Crippen LogP contribution in [0.3, 0.4) is 0 Å². The molecule has 0 spiro atoms. The van der Waals surface area contributed by atoms with Crippen molar-refractivity contribution in [1.29, 1.82) is 0 Å². The Labute approximate surface area is 107 Å². The van der Waals surface area contributed by atoms with E-state index in [0.29, 0.717) is 19.3 Å². The summed E-state index contributed by atoms with van der Waals surface area (Å²) in [4.78, 5) is 3.36. The summed E-state index contributed by atoms with van der Waals surface area (Å²) in [5.74, 6) is -0.201. The Hall–Kier alpha value is -1.34. The maximum atomic E-state index is 12.5. The zero-order valence-corrected chi connectivity index (χ0v) is 9.97. The second-order valence-corrected chi connectivity index (χ2v) is 4.50. The summed E-state index contributed by atoms with van der Waals surface area (Å²) in [5, 5.41) is 19.2. The zero-order valence-electron chi connectivity index (χ0n) is 9.97. The number of aromatic nitrogens is 1. The van der Waals surface area contributed by atoms with Gasteiger partial charge in [0.05, 0.1) is 6.10 Å². The fraction of sp³-hybridized carbons (Fsp3) is 0.583. The Morgan fingerprint density at radius 2 is 1.95 bits per heavy atom. The molecule has 0 amide bonds. The molecule has 0 bridgehead atoms. The van der Waals surface area contributed by atoms with Gasteiger partial charge in [0.25, 0.3) is 0 Å². The molecule has 106 valence electrons. The van der Waals surface area contributed by atoms with Crippen molar-refractivity contribution < 1.29 is 28.1 Å². The van der Waals surface area contributed by atoms with E-state index in [1.807, 2.05) is 0 Å². The Morgan fingerprint density at radius 3 is 2.63 bits per heavy atom. The lowest BCUT2D eigenvalue weighted by atomic mass is 9.92. The van der Waals surface area contributed by atoms with Crippen LogP contribution in [0.15, 0.2) is 18.2 Å². The number of hydrogen-bond acceptors (Lipinski definition) is 4. The molecule has 2 N–H and O–H groups in total. The van der Waals surface area contributed by atoms with Gasteiger partial charge >= 0.3 is 6.18 Å². The highest BCUT2D eigenvalue weighted by molar-refractivity contribution is 5.18. The fourth-order valence-electron chi connectivity index (χ4n) is 2.04. The highest BCUT2D eigenvalue weighted by atomic mass is 19.4. The molecule has 2 rings (SSSR count). The molecule has 0 unspecified atom stereocenters. The average molecular weight is 277 g/mol. The molecule has 1 heterocycles. The fourth-order valence-corrected chi connectivity index (χ4v) is 2.04. The number of pyridine rings is 1. The third kappa shape index (κ3) is 3.36. The average Bonchev–Trinajstić information content (AvgIpc) is 2.34. The smallest absolute Gasteiger partial charge is 0.433 e. The lowest BCUT2D eigenvalue weighted by Crippen LogP contribution is -2.44. The normalized spacial score (nSPS) is 28.2. The number of nitrogens with zero attached hydrogens (tertiary/aromatic N) is 1. The summed E-state index contributed by atoms with van der Waals surface area (Å²) in [5.41, 5.74) is -1.05. The Morgan fingerprint density at radius 1 is 1.21 bits per heavy atom. The minimum atomic E-state index is -4.54. The van der Waals surface area contributed by atoms with Crippen LogP contribution >= 0.6 is 0 Å². The highest BCUT2D eigenvalue weighted by Gasteiger charge is 2.34. The first kappa shape index (κ1) is 14.1.